The first-order valence-corrected chi connectivity index (χ1v) is 7.30. The SMILES string of the molecule is CN(C)Cc1cccc(CNC(=O)C2CCC(N)C2)c1.Cl.Cl. The van der Waals surface area contributed by atoms with Crippen molar-refractivity contribution in [2.45, 2.75) is 38.4 Å². The van der Waals surface area contributed by atoms with Gasteiger partial charge in [-0.3, -0.25) is 4.79 Å². The molecular formula is C16H27Cl2N3O. The van der Waals surface area contributed by atoms with Crippen LogP contribution in [0.1, 0.15) is 30.4 Å². The van der Waals surface area contributed by atoms with Crippen LogP contribution in [0.2, 0.25) is 0 Å². The van der Waals surface area contributed by atoms with Crippen molar-refractivity contribution in [3.63, 3.8) is 0 Å². The lowest BCUT2D eigenvalue weighted by atomic mass is 10.1. The third-order valence-corrected chi connectivity index (χ3v) is 3.80. The Hall–Kier alpha value is -0.810. The second-order valence-electron chi connectivity index (χ2n) is 6.05. The van der Waals surface area contributed by atoms with Crippen LogP contribution in [0.3, 0.4) is 0 Å². The second-order valence-corrected chi connectivity index (χ2v) is 6.05. The molecule has 4 nitrogen and oxygen atoms in total. The molecule has 1 amide bonds. The van der Waals surface area contributed by atoms with Crippen LogP contribution in [-0.2, 0) is 17.9 Å². The van der Waals surface area contributed by atoms with E-state index in [2.05, 4.69) is 42.5 Å². The molecule has 0 spiro atoms. The Balaban J connectivity index is 0.00000220. The van der Waals surface area contributed by atoms with Gasteiger partial charge in [-0.15, -0.1) is 24.8 Å². The minimum Gasteiger partial charge on any atom is -0.352 e. The van der Waals surface area contributed by atoms with Crippen LogP contribution in [-0.4, -0.2) is 30.9 Å². The molecule has 0 saturated heterocycles. The molecule has 2 unspecified atom stereocenters. The summed E-state index contributed by atoms with van der Waals surface area (Å²) in [5.74, 6) is 0.255. The summed E-state index contributed by atoms with van der Waals surface area (Å²) in [5.41, 5.74) is 8.27. The van der Waals surface area contributed by atoms with Gasteiger partial charge in [0.15, 0.2) is 0 Å². The van der Waals surface area contributed by atoms with Crippen molar-refractivity contribution >= 4 is 30.7 Å². The van der Waals surface area contributed by atoms with Gasteiger partial charge in [-0.25, -0.2) is 0 Å². The molecule has 0 radical (unpaired) electrons. The molecule has 1 aromatic carbocycles. The first kappa shape index (κ1) is 21.2. The maximum absolute atomic E-state index is 12.1. The van der Waals surface area contributed by atoms with Crippen molar-refractivity contribution < 1.29 is 4.79 Å². The van der Waals surface area contributed by atoms with E-state index in [1.807, 2.05) is 6.07 Å². The standard InChI is InChI=1S/C16H25N3O.2ClH/c1-19(2)11-13-5-3-4-12(8-13)10-18-16(20)14-6-7-15(17)9-14;;/h3-5,8,14-15H,6-7,9-11,17H2,1-2H3,(H,18,20);2*1H. The van der Waals surface area contributed by atoms with E-state index in [9.17, 15) is 4.79 Å². The summed E-state index contributed by atoms with van der Waals surface area (Å²) in [4.78, 5) is 14.2. The summed E-state index contributed by atoms with van der Waals surface area (Å²) in [7, 11) is 4.11. The van der Waals surface area contributed by atoms with E-state index in [0.717, 1.165) is 31.4 Å². The molecular weight excluding hydrogens is 321 g/mol. The van der Waals surface area contributed by atoms with Gasteiger partial charge in [0.1, 0.15) is 0 Å². The highest BCUT2D eigenvalue weighted by Crippen LogP contribution is 2.24. The van der Waals surface area contributed by atoms with E-state index in [0.29, 0.717) is 6.54 Å². The van der Waals surface area contributed by atoms with Gasteiger partial charge in [-0.2, -0.15) is 0 Å². The van der Waals surface area contributed by atoms with Gasteiger partial charge in [0, 0.05) is 25.0 Å². The van der Waals surface area contributed by atoms with Gasteiger partial charge >= 0.3 is 0 Å². The van der Waals surface area contributed by atoms with Crippen molar-refractivity contribution in [2.75, 3.05) is 14.1 Å². The van der Waals surface area contributed by atoms with Crippen LogP contribution in [0.25, 0.3) is 0 Å². The molecule has 1 aliphatic rings. The van der Waals surface area contributed by atoms with Crippen molar-refractivity contribution in [1.82, 2.24) is 10.2 Å². The summed E-state index contributed by atoms with van der Waals surface area (Å²) < 4.78 is 0. The predicted octanol–water partition coefficient (Wildman–Crippen LogP) is 2.34. The molecule has 2 rings (SSSR count). The molecule has 0 aliphatic heterocycles. The number of rotatable bonds is 5. The van der Waals surface area contributed by atoms with Gasteiger partial charge in [-0.1, -0.05) is 24.3 Å². The maximum Gasteiger partial charge on any atom is 0.223 e. The first-order valence-electron chi connectivity index (χ1n) is 7.30. The average Bonchev–Trinajstić information content (AvgIpc) is 2.82. The lowest BCUT2D eigenvalue weighted by Gasteiger charge is -2.13. The lowest BCUT2D eigenvalue weighted by molar-refractivity contribution is -0.125. The summed E-state index contributed by atoms with van der Waals surface area (Å²) in [5, 5.41) is 3.03. The topological polar surface area (TPSA) is 58.4 Å². The zero-order valence-electron chi connectivity index (χ0n) is 13.2. The second kappa shape index (κ2) is 10.1. The molecule has 0 bridgehead atoms. The molecule has 22 heavy (non-hydrogen) atoms. The fourth-order valence-electron chi connectivity index (χ4n) is 2.79. The van der Waals surface area contributed by atoms with E-state index in [4.69, 9.17) is 5.73 Å². The average molecular weight is 348 g/mol. The third-order valence-electron chi connectivity index (χ3n) is 3.80. The minimum absolute atomic E-state index is 0. The Morgan fingerprint density at radius 1 is 1.27 bits per heavy atom. The van der Waals surface area contributed by atoms with Crippen molar-refractivity contribution in [3.05, 3.63) is 35.4 Å². The van der Waals surface area contributed by atoms with Gasteiger partial charge in [0.25, 0.3) is 0 Å². The summed E-state index contributed by atoms with van der Waals surface area (Å²) in [6.45, 7) is 1.52. The minimum atomic E-state index is 0. The number of halogens is 2. The van der Waals surface area contributed by atoms with Gasteiger partial charge in [0.05, 0.1) is 0 Å². The van der Waals surface area contributed by atoms with E-state index in [1.165, 1.54) is 5.56 Å². The zero-order valence-corrected chi connectivity index (χ0v) is 14.9. The lowest BCUT2D eigenvalue weighted by Crippen LogP contribution is -2.30. The van der Waals surface area contributed by atoms with Crippen molar-refractivity contribution in [2.24, 2.45) is 11.7 Å². The third kappa shape index (κ3) is 6.53. The van der Waals surface area contributed by atoms with Crippen LogP contribution in [0.15, 0.2) is 24.3 Å². The van der Waals surface area contributed by atoms with Gasteiger partial charge in [0.2, 0.25) is 5.91 Å². The van der Waals surface area contributed by atoms with E-state index >= 15 is 0 Å². The highest BCUT2D eigenvalue weighted by atomic mass is 35.5. The zero-order chi connectivity index (χ0) is 14.5. The van der Waals surface area contributed by atoms with E-state index in [-0.39, 0.29) is 42.7 Å². The quantitative estimate of drug-likeness (QED) is 0.859. The first-order chi connectivity index (χ1) is 9.54. The summed E-state index contributed by atoms with van der Waals surface area (Å²) in [6.07, 6.45) is 2.72. The Morgan fingerprint density at radius 2 is 1.95 bits per heavy atom. The van der Waals surface area contributed by atoms with Crippen LogP contribution in [0.4, 0.5) is 0 Å². The smallest absolute Gasteiger partial charge is 0.223 e. The molecule has 0 aromatic heterocycles. The van der Waals surface area contributed by atoms with Gasteiger partial charge in [-0.05, 0) is 44.5 Å². The van der Waals surface area contributed by atoms with Crippen molar-refractivity contribution in [1.29, 1.82) is 0 Å². The number of carbonyl (C=O) groups excluding carboxylic acids is 1. The number of benzene rings is 1. The molecule has 3 N–H and O–H groups in total. The number of nitrogens with one attached hydrogen (secondary N) is 1. The molecule has 1 fully saturated rings. The fraction of sp³-hybridized carbons (Fsp3) is 0.562. The van der Waals surface area contributed by atoms with E-state index in [1.54, 1.807) is 0 Å². The molecule has 0 heterocycles. The monoisotopic (exact) mass is 347 g/mol. The molecule has 6 heteroatoms. The maximum atomic E-state index is 12.1. The Bertz CT molecular complexity index is 468. The highest BCUT2D eigenvalue weighted by Gasteiger charge is 2.27. The van der Waals surface area contributed by atoms with Crippen molar-refractivity contribution in [3.8, 4) is 0 Å². The van der Waals surface area contributed by atoms with Gasteiger partial charge < -0.3 is 16.0 Å². The van der Waals surface area contributed by atoms with Crippen LogP contribution < -0.4 is 11.1 Å². The van der Waals surface area contributed by atoms with E-state index < -0.39 is 0 Å². The van der Waals surface area contributed by atoms with Crippen LogP contribution in [0.5, 0.6) is 0 Å². The highest BCUT2D eigenvalue weighted by molar-refractivity contribution is 5.85. The number of carbonyl (C=O) groups is 1. The van der Waals surface area contributed by atoms with Crippen LogP contribution >= 0.6 is 24.8 Å². The number of hydrogen-bond donors (Lipinski definition) is 2. The number of nitrogens with zero attached hydrogens (tertiary/aromatic N) is 1. The summed E-state index contributed by atoms with van der Waals surface area (Å²) in [6, 6.07) is 8.57. The fourth-order valence-corrected chi connectivity index (χ4v) is 2.79. The Morgan fingerprint density at radius 3 is 2.55 bits per heavy atom. The molecule has 1 aliphatic carbocycles. The number of amides is 1. The van der Waals surface area contributed by atoms with Crippen LogP contribution in [0, 0.1) is 5.92 Å². The molecule has 126 valence electrons. The predicted molar refractivity (Wildman–Crippen MR) is 95.5 cm³/mol. The Kier molecular flexibility index (Phi) is 9.69. The Labute approximate surface area is 145 Å². The molecule has 2 atom stereocenters. The number of nitrogens with two attached hydrogens (primary N) is 1. The molecule has 1 saturated carbocycles. The molecule has 1 aromatic rings. The summed E-state index contributed by atoms with van der Waals surface area (Å²) >= 11 is 0. The largest absolute Gasteiger partial charge is 0.352 e. The number of hydrogen-bond acceptors (Lipinski definition) is 3. The normalized spacial score (nSPS) is 20.2.